The molecule has 1 aromatic rings. The molecule has 2 heteroatoms. The van der Waals surface area contributed by atoms with E-state index in [9.17, 15) is 0 Å². The van der Waals surface area contributed by atoms with E-state index in [0.717, 1.165) is 12.2 Å². The number of methoxy groups -OCH3 is 1. The van der Waals surface area contributed by atoms with Crippen molar-refractivity contribution in [3.63, 3.8) is 0 Å². The first-order valence-corrected chi connectivity index (χ1v) is 5.64. The zero-order valence-corrected chi connectivity index (χ0v) is 10.6. The minimum atomic E-state index is 0.114. The van der Waals surface area contributed by atoms with E-state index in [1.807, 2.05) is 18.2 Å². The van der Waals surface area contributed by atoms with E-state index in [-0.39, 0.29) is 10.8 Å². The third kappa shape index (κ3) is 3.42. The van der Waals surface area contributed by atoms with Crippen LogP contribution >= 0.6 is 11.6 Å². The van der Waals surface area contributed by atoms with Gasteiger partial charge in [-0.25, -0.2) is 0 Å². The van der Waals surface area contributed by atoms with Crippen LogP contribution in [0.3, 0.4) is 0 Å². The first-order chi connectivity index (χ1) is 6.95. The molecule has 0 N–H and O–H groups in total. The molecule has 0 heterocycles. The van der Waals surface area contributed by atoms with Crippen LogP contribution in [0.5, 0.6) is 5.75 Å². The van der Waals surface area contributed by atoms with E-state index in [4.69, 9.17) is 16.3 Å². The molecule has 0 radical (unpaired) electrons. The molecule has 0 aromatic heterocycles. The Hall–Kier alpha value is -0.690. The van der Waals surface area contributed by atoms with Crippen LogP contribution in [0, 0.1) is 5.41 Å². The lowest BCUT2D eigenvalue weighted by molar-refractivity contribution is 0.375. The van der Waals surface area contributed by atoms with Crippen molar-refractivity contribution in [2.24, 2.45) is 5.41 Å². The monoisotopic (exact) mass is 226 g/mol. The van der Waals surface area contributed by atoms with Crippen molar-refractivity contribution in [3.8, 4) is 5.75 Å². The quantitative estimate of drug-likeness (QED) is 0.711. The second-order valence-corrected chi connectivity index (χ2v) is 5.38. The second-order valence-electron chi connectivity index (χ2n) is 4.85. The van der Waals surface area contributed by atoms with Crippen LogP contribution in [-0.4, -0.2) is 12.5 Å². The van der Waals surface area contributed by atoms with Crippen LogP contribution in [0.2, 0.25) is 0 Å². The van der Waals surface area contributed by atoms with Crippen molar-refractivity contribution in [3.05, 3.63) is 29.8 Å². The molecular weight excluding hydrogens is 208 g/mol. The van der Waals surface area contributed by atoms with Gasteiger partial charge in [0.05, 0.1) is 7.11 Å². The molecule has 0 saturated carbocycles. The van der Waals surface area contributed by atoms with Crippen LogP contribution in [0.4, 0.5) is 0 Å². The predicted molar refractivity (Wildman–Crippen MR) is 65.8 cm³/mol. The van der Waals surface area contributed by atoms with Gasteiger partial charge in [-0.2, -0.15) is 0 Å². The van der Waals surface area contributed by atoms with Gasteiger partial charge in [0.2, 0.25) is 0 Å². The average molecular weight is 227 g/mol. The van der Waals surface area contributed by atoms with Gasteiger partial charge in [-0.05, 0) is 23.5 Å². The highest BCUT2D eigenvalue weighted by atomic mass is 35.5. The summed E-state index contributed by atoms with van der Waals surface area (Å²) in [6.07, 6.45) is 0.842. The summed E-state index contributed by atoms with van der Waals surface area (Å²) in [5.41, 5.74) is 1.29. The highest BCUT2D eigenvalue weighted by Crippen LogP contribution is 2.30. The fourth-order valence-corrected chi connectivity index (χ4v) is 1.54. The van der Waals surface area contributed by atoms with Crippen molar-refractivity contribution in [1.82, 2.24) is 0 Å². The van der Waals surface area contributed by atoms with Crippen LogP contribution in [-0.2, 0) is 6.42 Å². The Morgan fingerprint density at radius 3 is 2.40 bits per heavy atom. The highest BCUT2D eigenvalue weighted by Gasteiger charge is 2.23. The van der Waals surface area contributed by atoms with E-state index in [2.05, 4.69) is 26.8 Å². The zero-order valence-electron chi connectivity index (χ0n) is 9.88. The molecule has 1 aromatic carbocycles. The highest BCUT2D eigenvalue weighted by molar-refractivity contribution is 6.21. The van der Waals surface area contributed by atoms with Gasteiger partial charge in [0.25, 0.3) is 0 Å². The number of hydrogen-bond acceptors (Lipinski definition) is 1. The number of para-hydroxylation sites is 1. The SMILES string of the molecule is COc1ccccc1CC(Cl)C(C)(C)C. The topological polar surface area (TPSA) is 9.23 Å². The number of benzene rings is 1. The Bertz CT molecular complexity index is 315. The molecule has 1 nitrogen and oxygen atoms in total. The summed E-state index contributed by atoms with van der Waals surface area (Å²) in [6, 6.07) is 8.04. The Morgan fingerprint density at radius 2 is 1.87 bits per heavy atom. The smallest absolute Gasteiger partial charge is 0.122 e. The van der Waals surface area contributed by atoms with Crippen molar-refractivity contribution in [2.45, 2.75) is 32.6 Å². The molecule has 1 atom stereocenters. The number of rotatable bonds is 3. The standard InChI is InChI=1S/C13H19ClO/c1-13(2,3)12(14)9-10-7-5-6-8-11(10)15-4/h5-8,12H,9H2,1-4H3. The van der Waals surface area contributed by atoms with Gasteiger partial charge in [-0.3, -0.25) is 0 Å². The molecule has 84 valence electrons. The minimum absolute atomic E-state index is 0.114. The van der Waals surface area contributed by atoms with Crippen LogP contribution in [0.25, 0.3) is 0 Å². The zero-order chi connectivity index (χ0) is 11.5. The predicted octanol–water partition coefficient (Wildman–Crippen LogP) is 3.89. The molecular formula is C13H19ClO. The summed E-state index contributed by atoms with van der Waals surface area (Å²) in [6.45, 7) is 6.46. The van der Waals surface area contributed by atoms with Crippen molar-refractivity contribution in [2.75, 3.05) is 7.11 Å². The first-order valence-electron chi connectivity index (χ1n) is 5.21. The Balaban J connectivity index is 2.80. The molecule has 1 rings (SSSR count). The lowest BCUT2D eigenvalue weighted by Crippen LogP contribution is -2.23. The first kappa shape index (κ1) is 12.4. The van der Waals surface area contributed by atoms with E-state index >= 15 is 0 Å². The van der Waals surface area contributed by atoms with E-state index in [1.54, 1.807) is 7.11 Å². The maximum absolute atomic E-state index is 6.36. The fourth-order valence-electron chi connectivity index (χ4n) is 1.37. The third-order valence-electron chi connectivity index (χ3n) is 2.53. The molecule has 0 spiro atoms. The number of halogens is 1. The molecule has 0 aliphatic rings. The fraction of sp³-hybridized carbons (Fsp3) is 0.538. The van der Waals surface area contributed by atoms with Gasteiger partial charge in [0.1, 0.15) is 5.75 Å². The summed E-state index contributed by atoms with van der Waals surface area (Å²) in [7, 11) is 1.69. The lowest BCUT2D eigenvalue weighted by atomic mass is 9.88. The molecule has 0 bridgehead atoms. The normalized spacial score (nSPS) is 13.7. The van der Waals surface area contributed by atoms with Gasteiger partial charge in [0, 0.05) is 5.38 Å². The van der Waals surface area contributed by atoms with Crippen LogP contribution < -0.4 is 4.74 Å². The van der Waals surface area contributed by atoms with Gasteiger partial charge >= 0.3 is 0 Å². The summed E-state index contributed by atoms with van der Waals surface area (Å²) < 4.78 is 5.30. The Kier molecular flexibility index (Phi) is 4.04. The van der Waals surface area contributed by atoms with Crippen molar-refractivity contribution >= 4 is 11.6 Å². The van der Waals surface area contributed by atoms with Gasteiger partial charge in [0.15, 0.2) is 0 Å². The summed E-state index contributed by atoms with van der Waals surface area (Å²) >= 11 is 6.36. The molecule has 0 saturated heterocycles. The van der Waals surface area contributed by atoms with Crippen molar-refractivity contribution < 1.29 is 4.74 Å². The number of ether oxygens (including phenoxy) is 1. The molecule has 1 unspecified atom stereocenters. The van der Waals surface area contributed by atoms with Gasteiger partial charge in [-0.15, -0.1) is 11.6 Å². The van der Waals surface area contributed by atoms with E-state index in [1.165, 1.54) is 5.56 Å². The van der Waals surface area contributed by atoms with Crippen molar-refractivity contribution in [1.29, 1.82) is 0 Å². The molecule has 0 amide bonds. The maximum Gasteiger partial charge on any atom is 0.122 e. The number of hydrogen-bond donors (Lipinski definition) is 0. The molecule has 0 aliphatic heterocycles. The van der Waals surface area contributed by atoms with Gasteiger partial charge < -0.3 is 4.74 Å². The third-order valence-corrected chi connectivity index (χ3v) is 3.34. The largest absolute Gasteiger partial charge is 0.496 e. The van der Waals surface area contributed by atoms with Crippen LogP contribution in [0.15, 0.2) is 24.3 Å². The molecule has 0 aliphatic carbocycles. The minimum Gasteiger partial charge on any atom is -0.496 e. The van der Waals surface area contributed by atoms with E-state index in [0.29, 0.717) is 0 Å². The average Bonchev–Trinajstić information content (AvgIpc) is 2.17. The summed E-state index contributed by atoms with van der Waals surface area (Å²) in [5, 5.41) is 0.119. The second kappa shape index (κ2) is 4.89. The molecule has 0 fully saturated rings. The maximum atomic E-state index is 6.36. The van der Waals surface area contributed by atoms with E-state index < -0.39 is 0 Å². The summed E-state index contributed by atoms with van der Waals surface area (Å²) in [4.78, 5) is 0. The molecule has 15 heavy (non-hydrogen) atoms. The Labute approximate surface area is 97.4 Å². The van der Waals surface area contributed by atoms with Gasteiger partial charge in [-0.1, -0.05) is 39.0 Å². The Morgan fingerprint density at radius 1 is 1.27 bits per heavy atom. The lowest BCUT2D eigenvalue weighted by Gasteiger charge is -2.25. The number of alkyl halides is 1. The van der Waals surface area contributed by atoms with Crippen LogP contribution in [0.1, 0.15) is 26.3 Å². The summed E-state index contributed by atoms with van der Waals surface area (Å²) in [5.74, 6) is 0.924.